The molecule has 1 heterocycles. The molecule has 1 saturated heterocycles. The van der Waals surface area contributed by atoms with Crippen molar-refractivity contribution in [2.24, 2.45) is 0 Å². The standard InChI is InChI=1S/C24H22N2O3/c27-23-16-15-22(26(23)17-18-7-3-1-4-8-18)24(28)25-19-11-13-21(14-12-19)29-20-9-5-2-6-10-20/h1-14,22H,15-17H2,(H,25,28). The molecule has 3 aromatic rings. The summed E-state index contributed by atoms with van der Waals surface area (Å²) in [6.07, 6.45) is 0.932. The number of hydrogen-bond donors (Lipinski definition) is 1. The maximum atomic E-state index is 12.8. The Kier molecular flexibility index (Phi) is 5.56. The van der Waals surface area contributed by atoms with Crippen LogP contribution in [-0.4, -0.2) is 22.8 Å². The van der Waals surface area contributed by atoms with Gasteiger partial charge in [0.15, 0.2) is 0 Å². The molecule has 29 heavy (non-hydrogen) atoms. The quantitative estimate of drug-likeness (QED) is 0.673. The number of amides is 2. The summed E-state index contributed by atoms with van der Waals surface area (Å²) in [4.78, 5) is 26.8. The molecule has 0 bridgehead atoms. The summed E-state index contributed by atoms with van der Waals surface area (Å²) in [5, 5.41) is 2.92. The van der Waals surface area contributed by atoms with Crippen molar-refractivity contribution in [2.45, 2.75) is 25.4 Å². The fourth-order valence-electron chi connectivity index (χ4n) is 3.44. The molecule has 1 aliphatic rings. The molecule has 1 N–H and O–H groups in total. The average Bonchev–Trinajstić information content (AvgIpc) is 3.11. The van der Waals surface area contributed by atoms with E-state index in [1.165, 1.54) is 0 Å². The number of benzene rings is 3. The van der Waals surface area contributed by atoms with E-state index in [1.807, 2.05) is 72.8 Å². The first kappa shape index (κ1) is 18.7. The minimum absolute atomic E-state index is 0.0145. The minimum Gasteiger partial charge on any atom is -0.457 e. The molecule has 0 spiro atoms. The number of nitrogens with zero attached hydrogens (tertiary/aromatic N) is 1. The lowest BCUT2D eigenvalue weighted by Crippen LogP contribution is -2.41. The van der Waals surface area contributed by atoms with Crippen molar-refractivity contribution in [3.63, 3.8) is 0 Å². The van der Waals surface area contributed by atoms with Crippen LogP contribution in [0.4, 0.5) is 5.69 Å². The van der Waals surface area contributed by atoms with Crippen LogP contribution in [0.3, 0.4) is 0 Å². The maximum Gasteiger partial charge on any atom is 0.247 e. The number of ether oxygens (including phenoxy) is 1. The highest BCUT2D eigenvalue weighted by Crippen LogP contribution is 2.25. The van der Waals surface area contributed by atoms with Crippen LogP contribution in [0.1, 0.15) is 18.4 Å². The second-order valence-electron chi connectivity index (χ2n) is 6.99. The SMILES string of the molecule is O=C(Nc1ccc(Oc2ccccc2)cc1)C1CCC(=O)N1Cc1ccccc1. The first-order valence-corrected chi connectivity index (χ1v) is 9.66. The fourth-order valence-corrected chi connectivity index (χ4v) is 3.44. The second-order valence-corrected chi connectivity index (χ2v) is 6.99. The van der Waals surface area contributed by atoms with Gasteiger partial charge in [-0.3, -0.25) is 9.59 Å². The molecule has 1 unspecified atom stereocenters. The third-order valence-corrected chi connectivity index (χ3v) is 4.93. The van der Waals surface area contributed by atoms with Gasteiger partial charge in [-0.05, 0) is 48.4 Å². The Morgan fingerprint density at radius 1 is 0.897 bits per heavy atom. The van der Waals surface area contributed by atoms with E-state index in [2.05, 4.69) is 5.32 Å². The van der Waals surface area contributed by atoms with Crippen molar-refractivity contribution in [2.75, 3.05) is 5.32 Å². The zero-order chi connectivity index (χ0) is 20.1. The van der Waals surface area contributed by atoms with Crippen LogP contribution in [0, 0.1) is 0 Å². The predicted molar refractivity (Wildman–Crippen MR) is 112 cm³/mol. The number of carbonyl (C=O) groups is 2. The largest absolute Gasteiger partial charge is 0.457 e. The highest BCUT2D eigenvalue weighted by Gasteiger charge is 2.35. The van der Waals surface area contributed by atoms with E-state index >= 15 is 0 Å². The second kappa shape index (κ2) is 8.61. The Hall–Kier alpha value is -3.60. The third-order valence-electron chi connectivity index (χ3n) is 4.93. The zero-order valence-electron chi connectivity index (χ0n) is 16.0. The van der Waals surface area contributed by atoms with Crippen LogP contribution in [-0.2, 0) is 16.1 Å². The summed E-state index contributed by atoms with van der Waals surface area (Å²) in [5.74, 6) is 1.30. The first-order chi connectivity index (χ1) is 14.2. The molecular formula is C24H22N2O3. The Bertz CT molecular complexity index is 972. The van der Waals surface area contributed by atoms with Crippen molar-refractivity contribution >= 4 is 17.5 Å². The van der Waals surface area contributed by atoms with E-state index in [1.54, 1.807) is 17.0 Å². The third kappa shape index (κ3) is 4.63. The smallest absolute Gasteiger partial charge is 0.247 e. The topological polar surface area (TPSA) is 58.6 Å². The number of carbonyl (C=O) groups excluding carboxylic acids is 2. The zero-order valence-corrected chi connectivity index (χ0v) is 16.0. The van der Waals surface area contributed by atoms with Crippen molar-refractivity contribution in [3.05, 3.63) is 90.5 Å². The Morgan fingerprint density at radius 3 is 2.21 bits per heavy atom. The summed E-state index contributed by atoms with van der Waals surface area (Å²) >= 11 is 0. The van der Waals surface area contributed by atoms with Crippen molar-refractivity contribution in [3.8, 4) is 11.5 Å². The lowest BCUT2D eigenvalue weighted by Gasteiger charge is -2.24. The molecule has 1 aliphatic heterocycles. The number of rotatable bonds is 6. The number of nitrogens with one attached hydrogen (secondary N) is 1. The molecule has 0 saturated carbocycles. The highest BCUT2D eigenvalue weighted by atomic mass is 16.5. The average molecular weight is 386 g/mol. The van der Waals surface area contributed by atoms with Crippen molar-refractivity contribution in [1.82, 2.24) is 4.90 Å². The molecule has 0 aromatic heterocycles. The van der Waals surface area contributed by atoms with Gasteiger partial charge in [0, 0.05) is 18.7 Å². The minimum atomic E-state index is -0.456. The van der Waals surface area contributed by atoms with Crippen LogP contribution in [0.25, 0.3) is 0 Å². The van der Waals surface area contributed by atoms with Crippen LogP contribution >= 0.6 is 0 Å². The van der Waals surface area contributed by atoms with E-state index in [9.17, 15) is 9.59 Å². The van der Waals surface area contributed by atoms with Crippen LogP contribution in [0.2, 0.25) is 0 Å². The predicted octanol–water partition coefficient (Wildman–Crippen LogP) is 4.61. The molecular weight excluding hydrogens is 364 g/mol. The van der Waals surface area contributed by atoms with E-state index < -0.39 is 6.04 Å². The van der Waals surface area contributed by atoms with E-state index in [4.69, 9.17) is 4.74 Å². The maximum absolute atomic E-state index is 12.8. The molecule has 5 nitrogen and oxygen atoms in total. The van der Waals surface area contributed by atoms with Gasteiger partial charge < -0.3 is 15.0 Å². The van der Waals surface area contributed by atoms with Gasteiger partial charge in [0.2, 0.25) is 11.8 Å². The molecule has 0 aliphatic carbocycles. The van der Waals surface area contributed by atoms with Gasteiger partial charge in [-0.15, -0.1) is 0 Å². The van der Waals surface area contributed by atoms with Crippen molar-refractivity contribution in [1.29, 1.82) is 0 Å². The number of likely N-dealkylation sites (tertiary alicyclic amines) is 1. The molecule has 4 rings (SSSR count). The highest BCUT2D eigenvalue weighted by molar-refractivity contribution is 5.99. The molecule has 1 fully saturated rings. The monoisotopic (exact) mass is 386 g/mol. The first-order valence-electron chi connectivity index (χ1n) is 9.66. The molecule has 146 valence electrons. The van der Waals surface area contributed by atoms with Gasteiger partial charge in [0.1, 0.15) is 17.5 Å². The van der Waals surface area contributed by atoms with Gasteiger partial charge in [0.05, 0.1) is 0 Å². The van der Waals surface area contributed by atoms with Gasteiger partial charge >= 0.3 is 0 Å². The summed E-state index contributed by atoms with van der Waals surface area (Å²) in [7, 11) is 0. The van der Waals surface area contributed by atoms with E-state index in [0.29, 0.717) is 30.8 Å². The van der Waals surface area contributed by atoms with Gasteiger partial charge in [-0.2, -0.15) is 0 Å². The van der Waals surface area contributed by atoms with Crippen LogP contribution in [0.15, 0.2) is 84.9 Å². The molecule has 5 heteroatoms. The summed E-state index contributed by atoms with van der Waals surface area (Å²) in [6, 6.07) is 26.0. The van der Waals surface area contributed by atoms with E-state index in [-0.39, 0.29) is 11.8 Å². The van der Waals surface area contributed by atoms with Crippen LogP contribution in [0.5, 0.6) is 11.5 Å². The van der Waals surface area contributed by atoms with Gasteiger partial charge in [-0.1, -0.05) is 48.5 Å². The Balaban J connectivity index is 1.39. The summed E-state index contributed by atoms with van der Waals surface area (Å²) in [5.41, 5.74) is 1.69. The fraction of sp³-hybridized carbons (Fsp3) is 0.167. The Morgan fingerprint density at radius 2 is 1.52 bits per heavy atom. The number of hydrogen-bond acceptors (Lipinski definition) is 3. The van der Waals surface area contributed by atoms with Gasteiger partial charge in [0.25, 0.3) is 0 Å². The number of para-hydroxylation sites is 1. The number of anilines is 1. The lowest BCUT2D eigenvalue weighted by atomic mass is 10.1. The summed E-state index contributed by atoms with van der Waals surface area (Å²) < 4.78 is 5.77. The molecule has 3 aromatic carbocycles. The van der Waals surface area contributed by atoms with Gasteiger partial charge in [-0.25, -0.2) is 0 Å². The van der Waals surface area contributed by atoms with E-state index in [0.717, 1.165) is 11.3 Å². The summed E-state index contributed by atoms with van der Waals surface area (Å²) in [6.45, 7) is 0.446. The van der Waals surface area contributed by atoms with Crippen molar-refractivity contribution < 1.29 is 14.3 Å². The molecule has 2 amide bonds. The van der Waals surface area contributed by atoms with Crippen LogP contribution < -0.4 is 10.1 Å². The lowest BCUT2D eigenvalue weighted by molar-refractivity contribution is -0.133. The molecule has 0 radical (unpaired) electrons. The normalized spacial score (nSPS) is 15.9. The Labute approximate surface area is 169 Å². The molecule has 1 atom stereocenters.